The van der Waals surface area contributed by atoms with Crippen molar-refractivity contribution < 1.29 is 13.2 Å². The van der Waals surface area contributed by atoms with Gasteiger partial charge in [0.05, 0.1) is 33.0 Å². The molecule has 3 nitrogen and oxygen atoms in total. The first-order chi connectivity index (χ1) is 11.3. The Bertz CT molecular complexity index is 899. The summed E-state index contributed by atoms with van der Waals surface area (Å²) in [4.78, 5) is 12.8. The Morgan fingerprint density at radius 2 is 1.79 bits per heavy atom. The van der Waals surface area contributed by atoms with Crippen LogP contribution < -0.4 is 0 Å². The highest BCUT2D eigenvalue weighted by Gasteiger charge is 2.31. The number of aromatic nitrogens is 3. The van der Waals surface area contributed by atoms with Gasteiger partial charge in [0, 0.05) is 11.9 Å². The minimum atomic E-state index is -4.46. The predicted octanol–water partition coefficient (Wildman–Crippen LogP) is 5.30. The van der Waals surface area contributed by atoms with Gasteiger partial charge >= 0.3 is 6.18 Å². The summed E-state index contributed by atoms with van der Waals surface area (Å²) in [5.74, 6) is 0.418. The fraction of sp³-hybridized carbons (Fsp3) is 0.188. The molecule has 2 heterocycles. The van der Waals surface area contributed by atoms with E-state index in [4.69, 9.17) is 11.6 Å². The Morgan fingerprint density at radius 1 is 1.12 bits per heavy atom. The van der Waals surface area contributed by atoms with E-state index in [-0.39, 0.29) is 5.02 Å². The summed E-state index contributed by atoms with van der Waals surface area (Å²) in [7, 11) is 0. The quantitative estimate of drug-likeness (QED) is 0.587. The molecule has 2 aromatic heterocycles. The topological polar surface area (TPSA) is 38.7 Å². The first kappa shape index (κ1) is 17.0. The van der Waals surface area contributed by atoms with Crippen LogP contribution in [0.1, 0.15) is 17.0 Å². The average Bonchev–Trinajstić information content (AvgIpc) is 2.53. The molecule has 24 heavy (non-hydrogen) atoms. The third-order valence-corrected chi connectivity index (χ3v) is 4.74. The molecule has 0 spiro atoms. The van der Waals surface area contributed by atoms with Crippen molar-refractivity contribution in [3.63, 3.8) is 0 Å². The van der Waals surface area contributed by atoms with Gasteiger partial charge in [-0.3, -0.25) is 0 Å². The van der Waals surface area contributed by atoms with E-state index >= 15 is 0 Å². The molecule has 0 N–H and O–H groups in total. The van der Waals surface area contributed by atoms with Crippen molar-refractivity contribution in [1.29, 1.82) is 0 Å². The number of aryl methyl sites for hydroxylation is 1. The normalized spacial score (nSPS) is 11.9. The summed E-state index contributed by atoms with van der Waals surface area (Å²) in [6.45, 7) is 1.84. The van der Waals surface area contributed by atoms with Crippen LogP contribution in [0.2, 0.25) is 5.02 Å². The molecule has 3 rings (SSSR count). The van der Waals surface area contributed by atoms with Gasteiger partial charge < -0.3 is 0 Å². The largest absolute Gasteiger partial charge is 0.417 e. The lowest BCUT2D eigenvalue weighted by Gasteiger charge is -2.09. The van der Waals surface area contributed by atoms with E-state index < -0.39 is 11.7 Å². The Kier molecular flexibility index (Phi) is 4.64. The molecule has 0 amide bonds. The molecule has 8 heteroatoms. The van der Waals surface area contributed by atoms with Crippen molar-refractivity contribution >= 4 is 34.4 Å². The molecule has 3 aromatic rings. The summed E-state index contributed by atoms with van der Waals surface area (Å²) < 4.78 is 37.9. The van der Waals surface area contributed by atoms with E-state index in [0.29, 0.717) is 10.8 Å². The minimum Gasteiger partial charge on any atom is -0.250 e. The van der Waals surface area contributed by atoms with Gasteiger partial charge in [-0.1, -0.05) is 35.5 Å². The fourth-order valence-corrected chi connectivity index (χ4v) is 3.29. The first-order valence-electron chi connectivity index (χ1n) is 6.92. The first-order valence-corrected chi connectivity index (χ1v) is 8.29. The summed E-state index contributed by atoms with van der Waals surface area (Å²) in [6.07, 6.45) is -3.67. The van der Waals surface area contributed by atoms with Crippen LogP contribution in [0, 0.1) is 6.92 Å². The zero-order chi connectivity index (χ0) is 17.3. The van der Waals surface area contributed by atoms with Gasteiger partial charge in [0.25, 0.3) is 0 Å². The lowest BCUT2D eigenvalue weighted by molar-refractivity contribution is -0.137. The lowest BCUT2D eigenvalue weighted by Crippen LogP contribution is -2.05. The van der Waals surface area contributed by atoms with Gasteiger partial charge in [-0.05, 0) is 25.1 Å². The Balaban J connectivity index is 1.82. The molecule has 0 bridgehead atoms. The van der Waals surface area contributed by atoms with Gasteiger partial charge in [0.15, 0.2) is 0 Å². The van der Waals surface area contributed by atoms with E-state index in [2.05, 4.69) is 15.0 Å². The molecule has 0 radical (unpaired) electrons. The molecule has 0 aliphatic carbocycles. The van der Waals surface area contributed by atoms with Crippen LogP contribution in [0.25, 0.3) is 11.0 Å². The van der Waals surface area contributed by atoms with E-state index in [9.17, 15) is 13.2 Å². The Hall–Kier alpha value is -1.86. The number of rotatable bonds is 3. The molecule has 0 saturated carbocycles. The maximum atomic E-state index is 12.6. The molecule has 124 valence electrons. The third kappa shape index (κ3) is 3.62. The maximum Gasteiger partial charge on any atom is 0.417 e. The number of halogens is 4. The minimum absolute atomic E-state index is 0.0266. The molecule has 0 atom stereocenters. The number of alkyl halides is 3. The van der Waals surface area contributed by atoms with Crippen LogP contribution in [-0.2, 0) is 11.9 Å². The van der Waals surface area contributed by atoms with Gasteiger partial charge in [-0.2, -0.15) is 13.2 Å². The SMILES string of the molecule is Cc1nc2ccccc2nc1CSc1ncc(C(F)(F)F)cc1Cl. The van der Waals surface area contributed by atoms with Crippen molar-refractivity contribution in [2.24, 2.45) is 0 Å². The van der Waals surface area contributed by atoms with E-state index in [1.807, 2.05) is 31.2 Å². The summed E-state index contributed by atoms with van der Waals surface area (Å²) in [5.41, 5.74) is 2.22. The highest BCUT2D eigenvalue weighted by atomic mass is 35.5. The van der Waals surface area contributed by atoms with Crippen LogP contribution in [0.3, 0.4) is 0 Å². The average molecular weight is 370 g/mol. The number of pyridine rings is 1. The van der Waals surface area contributed by atoms with E-state index in [1.54, 1.807) is 0 Å². The monoisotopic (exact) mass is 369 g/mol. The fourth-order valence-electron chi connectivity index (χ4n) is 2.08. The smallest absolute Gasteiger partial charge is 0.250 e. The number of para-hydroxylation sites is 2. The summed E-state index contributed by atoms with van der Waals surface area (Å²) in [5, 5.41) is 0.306. The summed E-state index contributed by atoms with van der Waals surface area (Å²) >= 11 is 7.15. The van der Waals surface area contributed by atoms with Crippen molar-refractivity contribution in [2.45, 2.75) is 23.9 Å². The maximum absolute atomic E-state index is 12.6. The number of thioether (sulfide) groups is 1. The Morgan fingerprint density at radius 3 is 2.42 bits per heavy atom. The molecule has 1 aromatic carbocycles. The van der Waals surface area contributed by atoms with Gasteiger partial charge in [-0.15, -0.1) is 0 Å². The third-order valence-electron chi connectivity index (χ3n) is 3.32. The zero-order valence-electron chi connectivity index (χ0n) is 12.4. The highest BCUT2D eigenvalue weighted by Crippen LogP contribution is 2.34. The van der Waals surface area contributed by atoms with Gasteiger partial charge in [0.1, 0.15) is 5.03 Å². The van der Waals surface area contributed by atoms with Gasteiger partial charge in [-0.25, -0.2) is 15.0 Å². The van der Waals surface area contributed by atoms with E-state index in [1.165, 1.54) is 11.8 Å². The van der Waals surface area contributed by atoms with Crippen molar-refractivity contribution in [3.05, 3.63) is 58.5 Å². The molecule has 0 aliphatic rings. The standard InChI is InChI=1S/C16H11ClF3N3S/c1-9-14(23-13-5-3-2-4-12(13)22-9)8-24-15-11(17)6-10(7-21-15)16(18,19)20/h2-7H,8H2,1H3. The van der Waals surface area contributed by atoms with Crippen LogP contribution in [0.5, 0.6) is 0 Å². The van der Waals surface area contributed by atoms with E-state index in [0.717, 1.165) is 34.7 Å². The second-order valence-corrected chi connectivity index (χ2v) is 6.41. The number of nitrogens with zero attached hydrogens (tertiary/aromatic N) is 3. The van der Waals surface area contributed by atoms with Crippen LogP contribution in [0.15, 0.2) is 41.6 Å². The molecular weight excluding hydrogens is 359 g/mol. The molecule has 0 saturated heterocycles. The van der Waals surface area contributed by atoms with Crippen molar-refractivity contribution in [3.8, 4) is 0 Å². The second-order valence-electron chi connectivity index (χ2n) is 5.04. The van der Waals surface area contributed by atoms with Crippen molar-refractivity contribution in [2.75, 3.05) is 0 Å². The van der Waals surface area contributed by atoms with Gasteiger partial charge in [0.2, 0.25) is 0 Å². The molecule has 0 fully saturated rings. The van der Waals surface area contributed by atoms with Crippen molar-refractivity contribution in [1.82, 2.24) is 15.0 Å². The lowest BCUT2D eigenvalue weighted by atomic mass is 10.2. The van der Waals surface area contributed by atoms with Crippen LogP contribution >= 0.6 is 23.4 Å². The number of fused-ring (bicyclic) bond motifs is 1. The second kappa shape index (κ2) is 6.57. The number of hydrogen-bond donors (Lipinski definition) is 0. The van der Waals surface area contributed by atoms with Crippen LogP contribution in [0.4, 0.5) is 13.2 Å². The predicted molar refractivity (Wildman–Crippen MR) is 88.1 cm³/mol. The molecular formula is C16H11ClF3N3S. The summed E-state index contributed by atoms with van der Waals surface area (Å²) in [6, 6.07) is 8.38. The zero-order valence-corrected chi connectivity index (χ0v) is 14.0. The molecule has 0 unspecified atom stereocenters. The Labute approximate surface area is 145 Å². The number of hydrogen-bond acceptors (Lipinski definition) is 4. The van der Waals surface area contributed by atoms with Crippen LogP contribution in [-0.4, -0.2) is 15.0 Å². The molecule has 0 aliphatic heterocycles. The number of benzene rings is 1. The highest BCUT2D eigenvalue weighted by molar-refractivity contribution is 7.98.